The second kappa shape index (κ2) is 5.73. The molecule has 0 bridgehead atoms. The van der Waals surface area contributed by atoms with Gasteiger partial charge in [0.25, 0.3) is 0 Å². The van der Waals surface area contributed by atoms with E-state index in [0.29, 0.717) is 11.4 Å². The van der Waals surface area contributed by atoms with Crippen molar-refractivity contribution in [1.82, 2.24) is 9.97 Å². The molecular formula is C13H11BrN2O2. The molecule has 1 aromatic carbocycles. The molecule has 0 N–H and O–H groups in total. The van der Waals surface area contributed by atoms with E-state index in [2.05, 4.69) is 25.9 Å². The van der Waals surface area contributed by atoms with Crippen LogP contribution in [0.4, 0.5) is 0 Å². The average molecular weight is 307 g/mol. The van der Waals surface area contributed by atoms with Gasteiger partial charge in [-0.1, -0.05) is 15.9 Å². The lowest BCUT2D eigenvalue weighted by molar-refractivity contribution is 0.0987. The number of benzene rings is 1. The summed E-state index contributed by atoms with van der Waals surface area (Å²) in [5, 5.41) is 0. The summed E-state index contributed by atoms with van der Waals surface area (Å²) in [6.07, 6.45) is 3.17. The molecule has 18 heavy (non-hydrogen) atoms. The van der Waals surface area contributed by atoms with Crippen LogP contribution in [0.3, 0.4) is 0 Å². The van der Waals surface area contributed by atoms with Gasteiger partial charge in [0.05, 0.1) is 7.11 Å². The van der Waals surface area contributed by atoms with Gasteiger partial charge in [-0.05, 0) is 24.3 Å². The van der Waals surface area contributed by atoms with E-state index >= 15 is 0 Å². The van der Waals surface area contributed by atoms with E-state index in [9.17, 15) is 4.79 Å². The molecule has 4 nitrogen and oxygen atoms in total. The molecule has 0 atom stereocenters. The molecule has 1 heterocycles. The topological polar surface area (TPSA) is 52.1 Å². The third-order valence-corrected chi connectivity index (χ3v) is 2.95. The molecule has 0 amide bonds. The predicted molar refractivity (Wildman–Crippen MR) is 70.8 cm³/mol. The number of nitrogens with zero attached hydrogens (tertiary/aromatic N) is 2. The first-order valence-corrected chi connectivity index (χ1v) is 6.11. The number of aromatic nitrogens is 2. The minimum absolute atomic E-state index is 0.0613. The first-order chi connectivity index (χ1) is 8.70. The Bertz CT molecular complexity index is 558. The van der Waals surface area contributed by atoms with Gasteiger partial charge in [0, 0.05) is 22.7 Å². The van der Waals surface area contributed by atoms with Crippen molar-refractivity contribution in [2.45, 2.75) is 6.42 Å². The Balaban J connectivity index is 2.24. The number of ether oxygens (including phenoxy) is 1. The molecule has 0 unspecified atom stereocenters. The summed E-state index contributed by atoms with van der Waals surface area (Å²) in [7, 11) is 1.59. The molecule has 2 rings (SSSR count). The van der Waals surface area contributed by atoms with Crippen LogP contribution >= 0.6 is 15.9 Å². The van der Waals surface area contributed by atoms with Crippen molar-refractivity contribution in [2.24, 2.45) is 0 Å². The monoisotopic (exact) mass is 306 g/mol. The summed E-state index contributed by atoms with van der Waals surface area (Å²) in [4.78, 5) is 19.8. The Morgan fingerprint density at radius 1 is 1.39 bits per heavy atom. The summed E-state index contributed by atoms with van der Waals surface area (Å²) in [5.41, 5.74) is 1.24. The van der Waals surface area contributed by atoms with E-state index in [1.54, 1.807) is 19.4 Å². The maximum Gasteiger partial charge on any atom is 0.185 e. The number of hydrogen-bond acceptors (Lipinski definition) is 4. The number of methoxy groups -OCH3 is 1. The number of halogens is 1. The van der Waals surface area contributed by atoms with Gasteiger partial charge < -0.3 is 4.74 Å². The van der Waals surface area contributed by atoms with Crippen molar-refractivity contribution in [1.29, 1.82) is 0 Å². The molecule has 1 aromatic heterocycles. The Labute approximate surface area is 113 Å². The molecule has 0 aliphatic heterocycles. The van der Waals surface area contributed by atoms with Crippen molar-refractivity contribution in [3.05, 3.63) is 52.5 Å². The van der Waals surface area contributed by atoms with E-state index in [1.165, 1.54) is 6.33 Å². The SMILES string of the molecule is COc1ccc(Br)cc1CC(=O)c1ccncn1. The van der Waals surface area contributed by atoms with Gasteiger partial charge in [-0.25, -0.2) is 9.97 Å². The summed E-state index contributed by atoms with van der Waals surface area (Å²) >= 11 is 3.38. The van der Waals surface area contributed by atoms with Gasteiger partial charge in [-0.3, -0.25) is 4.79 Å². The van der Waals surface area contributed by atoms with Crippen LogP contribution < -0.4 is 4.74 Å². The Morgan fingerprint density at radius 2 is 2.22 bits per heavy atom. The minimum atomic E-state index is -0.0613. The van der Waals surface area contributed by atoms with E-state index < -0.39 is 0 Å². The average Bonchev–Trinajstić information content (AvgIpc) is 2.40. The van der Waals surface area contributed by atoms with Crippen LogP contribution in [0.2, 0.25) is 0 Å². The molecule has 0 saturated heterocycles. The Hall–Kier alpha value is -1.75. The first-order valence-electron chi connectivity index (χ1n) is 5.32. The molecule has 0 aliphatic rings. The van der Waals surface area contributed by atoms with Crippen LogP contribution in [-0.4, -0.2) is 22.9 Å². The summed E-state index contributed by atoms with van der Waals surface area (Å²) in [5.74, 6) is 0.634. The predicted octanol–water partition coefficient (Wildman–Crippen LogP) is 2.67. The summed E-state index contributed by atoms with van der Waals surface area (Å²) < 4.78 is 6.14. The number of hydrogen-bond donors (Lipinski definition) is 0. The molecule has 0 fully saturated rings. The molecule has 0 spiro atoms. The molecule has 92 valence electrons. The van der Waals surface area contributed by atoms with Crippen LogP contribution in [0.1, 0.15) is 16.1 Å². The van der Waals surface area contributed by atoms with Crippen molar-refractivity contribution in [3.8, 4) is 5.75 Å². The smallest absolute Gasteiger partial charge is 0.185 e. The Morgan fingerprint density at radius 3 is 2.89 bits per heavy atom. The highest BCUT2D eigenvalue weighted by atomic mass is 79.9. The first kappa shape index (κ1) is 12.7. The number of carbonyl (C=O) groups is 1. The maximum atomic E-state index is 12.0. The summed E-state index contributed by atoms with van der Waals surface area (Å²) in [6.45, 7) is 0. The zero-order valence-electron chi connectivity index (χ0n) is 9.76. The van der Waals surface area contributed by atoms with Gasteiger partial charge in [0.2, 0.25) is 0 Å². The Kier molecular flexibility index (Phi) is 4.04. The molecule has 0 aliphatic carbocycles. The van der Waals surface area contributed by atoms with Crippen molar-refractivity contribution < 1.29 is 9.53 Å². The van der Waals surface area contributed by atoms with Gasteiger partial charge in [-0.15, -0.1) is 0 Å². The van der Waals surface area contributed by atoms with Crippen LogP contribution in [0, 0.1) is 0 Å². The number of carbonyl (C=O) groups excluding carboxylic acids is 1. The largest absolute Gasteiger partial charge is 0.496 e. The highest BCUT2D eigenvalue weighted by Crippen LogP contribution is 2.24. The lowest BCUT2D eigenvalue weighted by Crippen LogP contribution is -2.07. The van der Waals surface area contributed by atoms with Crippen LogP contribution in [0.15, 0.2) is 41.3 Å². The molecule has 0 saturated carbocycles. The molecule has 0 radical (unpaired) electrons. The fraction of sp³-hybridized carbons (Fsp3) is 0.154. The number of rotatable bonds is 4. The zero-order chi connectivity index (χ0) is 13.0. The van der Waals surface area contributed by atoms with Crippen molar-refractivity contribution in [2.75, 3.05) is 7.11 Å². The highest BCUT2D eigenvalue weighted by Gasteiger charge is 2.12. The van der Waals surface area contributed by atoms with Crippen LogP contribution in [-0.2, 0) is 6.42 Å². The van der Waals surface area contributed by atoms with Crippen LogP contribution in [0.5, 0.6) is 5.75 Å². The molecule has 2 aromatic rings. The second-order valence-electron chi connectivity index (χ2n) is 3.65. The normalized spacial score (nSPS) is 10.1. The van der Waals surface area contributed by atoms with Gasteiger partial charge >= 0.3 is 0 Å². The van der Waals surface area contributed by atoms with Crippen LogP contribution in [0.25, 0.3) is 0 Å². The highest BCUT2D eigenvalue weighted by molar-refractivity contribution is 9.10. The zero-order valence-corrected chi connectivity index (χ0v) is 11.3. The lowest BCUT2D eigenvalue weighted by Gasteiger charge is -2.08. The second-order valence-corrected chi connectivity index (χ2v) is 4.57. The number of Topliss-reactive ketones (excluding diaryl/α,β-unsaturated/α-hetero) is 1. The third-order valence-electron chi connectivity index (χ3n) is 2.46. The van der Waals surface area contributed by atoms with Crippen molar-refractivity contribution in [3.63, 3.8) is 0 Å². The van der Waals surface area contributed by atoms with Crippen molar-refractivity contribution >= 4 is 21.7 Å². The van der Waals surface area contributed by atoms with E-state index in [1.807, 2.05) is 18.2 Å². The third kappa shape index (κ3) is 2.92. The van der Waals surface area contributed by atoms with E-state index in [-0.39, 0.29) is 12.2 Å². The maximum absolute atomic E-state index is 12.0. The van der Waals surface area contributed by atoms with E-state index in [4.69, 9.17) is 4.74 Å². The lowest BCUT2D eigenvalue weighted by atomic mass is 10.1. The fourth-order valence-corrected chi connectivity index (χ4v) is 2.01. The quantitative estimate of drug-likeness (QED) is 0.815. The van der Waals surface area contributed by atoms with Gasteiger partial charge in [0.15, 0.2) is 5.78 Å². The summed E-state index contributed by atoms with van der Waals surface area (Å²) in [6, 6.07) is 7.18. The standard InChI is InChI=1S/C13H11BrN2O2/c1-18-13-3-2-10(14)6-9(13)7-12(17)11-4-5-15-8-16-11/h2-6,8H,7H2,1H3. The molecular weight excluding hydrogens is 296 g/mol. The van der Waals surface area contributed by atoms with E-state index in [0.717, 1.165) is 10.0 Å². The molecule has 5 heteroatoms. The number of ketones is 1. The fourth-order valence-electron chi connectivity index (χ4n) is 1.60. The van der Waals surface area contributed by atoms with Gasteiger partial charge in [-0.2, -0.15) is 0 Å². The minimum Gasteiger partial charge on any atom is -0.496 e. The van der Waals surface area contributed by atoms with Gasteiger partial charge in [0.1, 0.15) is 17.8 Å².